The molecule has 2 aromatic rings. The molecule has 0 aromatic carbocycles. The molecule has 2 aromatic heterocycles. The molecule has 0 aliphatic carbocycles. The summed E-state index contributed by atoms with van der Waals surface area (Å²) < 4.78 is 7.77. The van der Waals surface area contributed by atoms with E-state index in [1.54, 1.807) is 5.51 Å². The van der Waals surface area contributed by atoms with E-state index >= 15 is 0 Å². The van der Waals surface area contributed by atoms with Gasteiger partial charge in [-0.25, -0.2) is 0 Å². The number of nitrogens with one attached hydrogen (secondary N) is 1. The quantitative estimate of drug-likeness (QED) is 0.755. The highest BCUT2D eigenvalue weighted by Crippen LogP contribution is 2.22. The van der Waals surface area contributed by atoms with Crippen molar-refractivity contribution in [2.75, 3.05) is 17.7 Å². The summed E-state index contributed by atoms with van der Waals surface area (Å²) in [6.07, 6.45) is 3.17. The van der Waals surface area contributed by atoms with Gasteiger partial charge in [0.2, 0.25) is 11.0 Å². The number of thioether (sulfide) groups is 1. The van der Waals surface area contributed by atoms with Gasteiger partial charge >= 0.3 is 0 Å². The van der Waals surface area contributed by atoms with E-state index < -0.39 is 0 Å². The fourth-order valence-electron chi connectivity index (χ4n) is 2.38. The van der Waals surface area contributed by atoms with Gasteiger partial charge in [0.1, 0.15) is 11.3 Å². The normalized spacial score (nSPS) is 17.5. The second-order valence-electron chi connectivity index (χ2n) is 5.08. The van der Waals surface area contributed by atoms with Crippen molar-refractivity contribution < 1.29 is 9.53 Å². The third-order valence-electron chi connectivity index (χ3n) is 3.46. The Bertz CT molecular complexity index is 639. The smallest absolute Gasteiger partial charge is 0.236 e. The van der Waals surface area contributed by atoms with Crippen LogP contribution in [0.15, 0.2) is 10.7 Å². The van der Waals surface area contributed by atoms with E-state index in [2.05, 4.69) is 30.3 Å². The standard InChI is InChI=1S/C13H18N6O2S2/c1-2-10-16-18-13(19(10)6-9-4-3-5-21-9)22-7-11(20)15-12-17-14-8-23-12/h8-9H,2-7H2,1H3,(H,15,17,20). The monoisotopic (exact) mass is 354 g/mol. The van der Waals surface area contributed by atoms with Crippen LogP contribution in [0.5, 0.6) is 0 Å². The van der Waals surface area contributed by atoms with Gasteiger partial charge in [0, 0.05) is 13.0 Å². The van der Waals surface area contributed by atoms with Gasteiger partial charge < -0.3 is 9.30 Å². The number of nitrogens with zero attached hydrogens (tertiary/aromatic N) is 5. The average molecular weight is 354 g/mol. The van der Waals surface area contributed by atoms with Gasteiger partial charge in [0.15, 0.2) is 5.16 Å². The van der Waals surface area contributed by atoms with Crippen molar-refractivity contribution in [2.45, 2.75) is 44.0 Å². The third kappa shape index (κ3) is 4.27. The molecule has 3 rings (SSSR count). The fraction of sp³-hybridized carbons (Fsp3) is 0.615. The summed E-state index contributed by atoms with van der Waals surface area (Å²) in [5.74, 6) is 1.05. The molecule has 1 fully saturated rings. The zero-order chi connectivity index (χ0) is 16.1. The van der Waals surface area contributed by atoms with Gasteiger partial charge in [0.05, 0.1) is 18.4 Å². The van der Waals surface area contributed by atoms with E-state index in [0.29, 0.717) is 5.13 Å². The predicted molar refractivity (Wildman–Crippen MR) is 87.6 cm³/mol. The molecule has 1 aliphatic heterocycles. The predicted octanol–water partition coefficient (Wildman–Crippen LogP) is 1.60. The maximum atomic E-state index is 11.9. The second kappa shape index (κ2) is 7.84. The van der Waals surface area contributed by atoms with Gasteiger partial charge in [0.25, 0.3) is 0 Å². The lowest BCUT2D eigenvalue weighted by molar-refractivity contribution is -0.113. The molecule has 8 nitrogen and oxygen atoms in total. The lowest BCUT2D eigenvalue weighted by atomic mass is 10.2. The van der Waals surface area contributed by atoms with Crippen molar-refractivity contribution in [2.24, 2.45) is 0 Å². The first-order valence-electron chi connectivity index (χ1n) is 7.48. The highest BCUT2D eigenvalue weighted by Gasteiger charge is 2.21. The van der Waals surface area contributed by atoms with Crippen molar-refractivity contribution >= 4 is 34.1 Å². The Kier molecular flexibility index (Phi) is 5.57. The first-order chi connectivity index (χ1) is 11.3. The second-order valence-corrected chi connectivity index (χ2v) is 6.85. The lowest BCUT2D eigenvalue weighted by Gasteiger charge is -2.13. The molecule has 1 saturated heterocycles. The molecule has 10 heteroatoms. The van der Waals surface area contributed by atoms with E-state index in [1.807, 2.05) is 6.92 Å². The number of hydrogen-bond acceptors (Lipinski definition) is 8. The summed E-state index contributed by atoms with van der Waals surface area (Å²) in [5, 5.41) is 19.9. The Morgan fingerprint density at radius 1 is 1.52 bits per heavy atom. The van der Waals surface area contributed by atoms with Crippen LogP contribution in [-0.2, 0) is 22.5 Å². The molecule has 0 saturated carbocycles. The largest absolute Gasteiger partial charge is 0.376 e. The molecule has 0 spiro atoms. The molecule has 0 bridgehead atoms. The number of hydrogen-bond donors (Lipinski definition) is 1. The molecule has 1 unspecified atom stereocenters. The number of anilines is 1. The molecule has 1 N–H and O–H groups in total. The van der Waals surface area contributed by atoms with Gasteiger partial charge in [-0.2, -0.15) is 0 Å². The fourth-order valence-corrected chi connectivity index (χ4v) is 3.60. The molecular formula is C13H18N6O2S2. The summed E-state index contributed by atoms with van der Waals surface area (Å²) >= 11 is 2.67. The molecule has 23 heavy (non-hydrogen) atoms. The summed E-state index contributed by atoms with van der Waals surface area (Å²) in [6.45, 7) is 3.62. The number of aryl methyl sites for hydroxylation is 1. The Morgan fingerprint density at radius 2 is 2.43 bits per heavy atom. The molecule has 1 amide bonds. The highest BCUT2D eigenvalue weighted by molar-refractivity contribution is 7.99. The van der Waals surface area contributed by atoms with Crippen LogP contribution < -0.4 is 5.32 Å². The third-order valence-corrected chi connectivity index (χ3v) is 5.03. The van der Waals surface area contributed by atoms with Gasteiger partial charge in [-0.05, 0) is 12.8 Å². The van der Waals surface area contributed by atoms with Crippen molar-refractivity contribution in [3.8, 4) is 0 Å². The molecule has 1 atom stereocenters. The van der Waals surface area contributed by atoms with Crippen LogP contribution in [0, 0.1) is 0 Å². The van der Waals surface area contributed by atoms with Crippen molar-refractivity contribution in [3.05, 3.63) is 11.3 Å². The Labute approximate surface area is 142 Å². The average Bonchev–Trinajstić information content (AvgIpc) is 3.28. The Morgan fingerprint density at radius 3 is 3.13 bits per heavy atom. The number of amides is 1. The summed E-state index contributed by atoms with van der Waals surface area (Å²) in [4.78, 5) is 11.9. The van der Waals surface area contributed by atoms with Crippen LogP contribution >= 0.6 is 23.1 Å². The minimum absolute atomic E-state index is 0.128. The van der Waals surface area contributed by atoms with E-state index in [0.717, 1.165) is 43.4 Å². The van der Waals surface area contributed by atoms with Crippen LogP contribution in [-0.4, -0.2) is 49.3 Å². The number of carbonyl (C=O) groups is 1. The summed E-state index contributed by atoms with van der Waals surface area (Å²) in [7, 11) is 0. The van der Waals surface area contributed by atoms with E-state index in [9.17, 15) is 4.79 Å². The summed E-state index contributed by atoms with van der Waals surface area (Å²) in [6, 6.07) is 0. The van der Waals surface area contributed by atoms with E-state index in [-0.39, 0.29) is 17.8 Å². The van der Waals surface area contributed by atoms with Crippen LogP contribution in [0.1, 0.15) is 25.6 Å². The SMILES string of the molecule is CCc1nnc(SCC(=O)Nc2nncs2)n1CC1CCCO1. The Hall–Kier alpha value is -1.52. The van der Waals surface area contributed by atoms with Crippen molar-refractivity contribution in [1.29, 1.82) is 0 Å². The minimum atomic E-state index is -0.128. The molecule has 3 heterocycles. The lowest BCUT2D eigenvalue weighted by Crippen LogP contribution is -2.19. The maximum Gasteiger partial charge on any atom is 0.236 e. The molecule has 0 radical (unpaired) electrons. The van der Waals surface area contributed by atoms with Gasteiger partial charge in [-0.1, -0.05) is 30.0 Å². The zero-order valence-electron chi connectivity index (χ0n) is 12.8. The van der Waals surface area contributed by atoms with E-state index in [4.69, 9.17) is 4.74 Å². The Balaban J connectivity index is 1.60. The molecule has 124 valence electrons. The minimum Gasteiger partial charge on any atom is -0.376 e. The first-order valence-corrected chi connectivity index (χ1v) is 9.35. The van der Waals surface area contributed by atoms with Crippen LogP contribution in [0.3, 0.4) is 0 Å². The van der Waals surface area contributed by atoms with Crippen LogP contribution in [0.2, 0.25) is 0 Å². The van der Waals surface area contributed by atoms with Crippen LogP contribution in [0.25, 0.3) is 0 Å². The molecule has 1 aliphatic rings. The number of aromatic nitrogens is 5. The van der Waals surface area contributed by atoms with Crippen molar-refractivity contribution in [1.82, 2.24) is 25.0 Å². The number of carbonyl (C=O) groups excluding carboxylic acids is 1. The number of ether oxygens (including phenoxy) is 1. The summed E-state index contributed by atoms with van der Waals surface area (Å²) in [5.41, 5.74) is 1.58. The zero-order valence-corrected chi connectivity index (χ0v) is 14.4. The van der Waals surface area contributed by atoms with E-state index in [1.165, 1.54) is 23.1 Å². The van der Waals surface area contributed by atoms with Crippen molar-refractivity contribution in [3.63, 3.8) is 0 Å². The van der Waals surface area contributed by atoms with Crippen LogP contribution in [0.4, 0.5) is 5.13 Å². The van der Waals surface area contributed by atoms with Gasteiger partial charge in [-0.15, -0.1) is 20.4 Å². The number of rotatable bonds is 7. The van der Waals surface area contributed by atoms with Gasteiger partial charge in [-0.3, -0.25) is 10.1 Å². The highest BCUT2D eigenvalue weighted by atomic mass is 32.2. The molecular weight excluding hydrogens is 336 g/mol. The maximum absolute atomic E-state index is 11.9. The topological polar surface area (TPSA) is 94.8 Å². The first kappa shape index (κ1) is 16.3.